The molecule has 1 aromatic rings. The first-order chi connectivity index (χ1) is 7.61. The first kappa shape index (κ1) is 13.0. The fourth-order valence-electron chi connectivity index (χ4n) is 1.42. The van der Waals surface area contributed by atoms with Crippen LogP contribution in [0.4, 0.5) is 0 Å². The monoisotopic (exact) mass is 233 g/mol. The van der Waals surface area contributed by atoms with Crippen LogP contribution < -0.4 is 0 Å². The highest BCUT2D eigenvalue weighted by atomic mass is 32.2. The standard InChI is InChI=1S/C14H19NS/c1-11(2)16-14(15-4)10-9-13-7-5-12(3)6-8-13/h5-8H,1,9-10H2,2-4H3. The Kier molecular flexibility index (Phi) is 5.33. The lowest BCUT2D eigenvalue weighted by Gasteiger charge is -2.05. The molecule has 0 saturated carbocycles. The maximum atomic E-state index is 4.28. The molecule has 0 unspecified atom stereocenters. The van der Waals surface area contributed by atoms with Gasteiger partial charge in [0.05, 0.1) is 5.04 Å². The number of aliphatic imine (C=N–C) groups is 1. The highest BCUT2D eigenvalue weighted by molar-refractivity contribution is 8.17. The van der Waals surface area contributed by atoms with E-state index in [0.717, 1.165) is 22.8 Å². The Hall–Kier alpha value is -1.02. The summed E-state index contributed by atoms with van der Waals surface area (Å²) in [7, 11) is 1.85. The number of hydrogen-bond donors (Lipinski definition) is 0. The average Bonchev–Trinajstić information content (AvgIpc) is 2.26. The van der Waals surface area contributed by atoms with Crippen molar-refractivity contribution in [1.82, 2.24) is 0 Å². The van der Waals surface area contributed by atoms with E-state index in [1.807, 2.05) is 14.0 Å². The quantitative estimate of drug-likeness (QED) is 0.560. The summed E-state index contributed by atoms with van der Waals surface area (Å²) in [6.45, 7) is 8.02. The Labute approximate surface area is 103 Å². The summed E-state index contributed by atoms with van der Waals surface area (Å²) in [5.74, 6) is 0. The molecule has 0 aliphatic rings. The molecule has 0 aromatic heterocycles. The van der Waals surface area contributed by atoms with Crippen molar-refractivity contribution >= 4 is 16.8 Å². The lowest BCUT2D eigenvalue weighted by molar-refractivity contribution is 1.04. The van der Waals surface area contributed by atoms with E-state index in [1.54, 1.807) is 11.8 Å². The van der Waals surface area contributed by atoms with Crippen molar-refractivity contribution in [2.24, 2.45) is 4.99 Å². The molecule has 0 N–H and O–H groups in total. The van der Waals surface area contributed by atoms with E-state index in [0.29, 0.717) is 0 Å². The molecular weight excluding hydrogens is 214 g/mol. The molecule has 16 heavy (non-hydrogen) atoms. The molecule has 1 aromatic carbocycles. The Morgan fingerprint density at radius 2 is 1.94 bits per heavy atom. The molecule has 86 valence electrons. The van der Waals surface area contributed by atoms with Crippen molar-refractivity contribution in [2.75, 3.05) is 7.05 Å². The van der Waals surface area contributed by atoms with Crippen LogP contribution >= 0.6 is 11.8 Å². The van der Waals surface area contributed by atoms with Crippen LogP contribution in [0.15, 0.2) is 40.7 Å². The van der Waals surface area contributed by atoms with Crippen LogP contribution in [0.1, 0.15) is 24.5 Å². The zero-order chi connectivity index (χ0) is 12.0. The molecule has 0 heterocycles. The van der Waals surface area contributed by atoms with Gasteiger partial charge in [0.25, 0.3) is 0 Å². The number of thioether (sulfide) groups is 1. The zero-order valence-corrected chi connectivity index (χ0v) is 11.1. The third kappa shape index (κ3) is 4.67. The van der Waals surface area contributed by atoms with Gasteiger partial charge >= 0.3 is 0 Å². The lowest BCUT2D eigenvalue weighted by atomic mass is 10.1. The number of nitrogens with zero attached hydrogens (tertiary/aromatic N) is 1. The van der Waals surface area contributed by atoms with Gasteiger partial charge in [0.15, 0.2) is 0 Å². The predicted molar refractivity (Wildman–Crippen MR) is 75.3 cm³/mol. The summed E-state index contributed by atoms with van der Waals surface area (Å²) in [6, 6.07) is 8.69. The van der Waals surface area contributed by atoms with Gasteiger partial charge in [-0.25, -0.2) is 0 Å². The SMILES string of the molecule is C=C(C)SC(CCc1ccc(C)cc1)=NC. The zero-order valence-electron chi connectivity index (χ0n) is 10.3. The molecule has 0 saturated heterocycles. The van der Waals surface area contributed by atoms with Gasteiger partial charge in [-0.3, -0.25) is 4.99 Å². The second-order valence-electron chi connectivity index (χ2n) is 3.91. The minimum atomic E-state index is 0.997. The third-order valence-corrected chi connectivity index (χ3v) is 3.26. The topological polar surface area (TPSA) is 12.4 Å². The number of rotatable bonds is 4. The Bertz CT molecular complexity index is 376. The van der Waals surface area contributed by atoms with E-state index < -0.39 is 0 Å². The van der Waals surface area contributed by atoms with Crippen LogP contribution in [0, 0.1) is 6.92 Å². The van der Waals surface area contributed by atoms with Crippen molar-refractivity contribution in [1.29, 1.82) is 0 Å². The summed E-state index contributed by atoms with van der Waals surface area (Å²) in [5.41, 5.74) is 2.68. The molecule has 0 fully saturated rings. The van der Waals surface area contributed by atoms with Crippen molar-refractivity contribution in [2.45, 2.75) is 26.7 Å². The van der Waals surface area contributed by atoms with E-state index in [-0.39, 0.29) is 0 Å². The molecular formula is C14H19NS. The fourth-order valence-corrected chi connectivity index (χ4v) is 2.11. The van der Waals surface area contributed by atoms with Gasteiger partial charge in [-0.2, -0.15) is 0 Å². The number of aryl methyl sites for hydroxylation is 2. The maximum absolute atomic E-state index is 4.28. The van der Waals surface area contributed by atoms with Crippen LogP contribution in [0.3, 0.4) is 0 Å². The molecule has 0 bridgehead atoms. The molecule has 2 heteroatoms. The molecule has 0 spiro atoms. The number of allylic oxidation sites excluding steroid dienone is 1. The van der Waals surface area contributed by atoms with Crippen LogP contribution in [0.2, 0.25) is 0 Å². The maximum Gasteiger partial charge on any atom is 0.0719 e. The van der Waals surface area contributed by atoms with Crippen molar-refractivity contribution in [3.05, 3.63) is 46.9 Å². The summed E-state index contributed by atoms with van der Waals surface area (Å²) >= 11 is 1.68. The summed E-state index contributed by atoms with van der Waals surface area (Å²) in [6.07, 6.45) is 2.05. The molecule has 0 atom stereocenters. The molecule has 0 aliphatic carbocycles. The highest BCUT2D eigenvalue weighted by Crippen LogP contribution is 2.18. The smallest absolute Gasteiger partial charge is 0.0719 e. The van der Waals surface area contributed by atoms with Gasteiger partial charge in [-0.15, -0.1) is 0 Å². The predicted octanol–water partition coefficient (Wildman–Crippen LogP) is 4.22. The Morgan fingerprint density at radius 1 is 1.31 bits per heavy atom. The van der Waals surface area contributed by atoms with Crippen LogP contribution in [0.5, 0.6) is 0 Å². The van der Waals surface area contributed by atoms with Gasteiger partial charge in [0.2, 0.25) is 0 Å². The summed E-state index contributed by atoms with van der Waals surface area (Å²) < 4.78 is 0. The number of benzene rings is 1. The van der Waals surface area contributed by atoms with E-state index in [4.69, 9.17) is 0 Å². The summed E-state index contributed by atoms with van der Waals surface area (Å²) in [5, 5.41) is 1.16. The van der Waals surface area contributed by atoms with Crippen LogP contribution in [0.25, 0.3) is 0 Å². The van der Waals surface area contributed by atoms with E-state index in [1.165, 1.54) is 11.1 Å². The van der Waals surface area contributed by atoms with E-state index in [2.05, 4.69) is 42.8 Å². The molecule has 1 rings (SSSR count). The van der Waals surface area contributed by atoms with Crippen molar-refractivity contribution in [3.8, 4) is 0 Å². The Morgan fingerprint density at radius 3 is 2.44 bits per heavy atom. The molecule has 0 aliphatic heterocycles. The average molecular weight is 233 g/mol. The van der Waals surface area contributed by atoms with Gasteiger partial charge in [0, 0.05) is 7.05 Å². The van der Waals surface area contributed by atoms with Gasteiger partial charge in [0.1, 0.15) is 0 Å². The lowest BCUT2D eigenvalue weighted by Crippen LogP contribution is -1.96. The second-order valence-corrected chi connectivity index (χ2v) is 5.28. The van der Waals surface area contributed by atoms with Gasteiger partial charge in [-0.1, -0.05) is 48.2 Å². The minimum Gasteiger partial charge on any atom is -0.286 e. The Balaban J connectivity index is 2.50. The normalized spacial score (nSPS) is 11.6. The third-order valence-electron chi connectivity index (χ3n) is 2.29. The fraction of sp³-hybridized carbons (Fsp3) is 0.357. The molecule has 0 radical (unpaired) electrons. The van der Waals surface area contributed by atoms with E-state index in [9.17, 15) is 0 Å². The van der Waals surface area contributed by atoms with E-state index >= 15 is 0 Å². The largest absolute Gasteiger partial charge is 0.286 e. The first-order valence-corrected chi connectivity index (χ1v) is 6.28. The second kappa shape index (κ2) is 6.54. The number of hydrogen-bond acceptors (Lipinski definition) is 2. The van der Waals surface area contributed by atoms with Crippen LogP contribution in [-0.4, -0.2) is 12.1 Å². The molecule has 0 amide bonds. The minimum absolute atomic E-state index is 0.997. The molecule has 1 nitrogen and oxygen atoms in total. The van der Waals surface area contributed by atoms with Crippen molar-refractivity contribution in [3.63, 3.8) is 0 Å². The first-order valence-electron chi connectivity index (χ1n) is 5.46. The van der Waals surface area contributed by atoms with Crippen molar-refractivity contribution < 1.29 is 0 Å². The van der Waals surface area contributed by atoms with Gasteiger partial charge in [-0.05, 0) is 37.2 Å². The van der Waals surface area contributed by atoms with Gasteiger partial charge < -0.3 is 0 Å². The summed E-state index contributed by atoms with van der Waals surface area (Å²) in [4.78, 5) is 5.38. The van der Waals surface area contributed by atoms with Crippen LogP contribution in [-0.2, 0) is 6.42 Å². The highest BCUT2D eigenvalue weighted by Gasteiger charge is 2.01.